The number of hydrogen-bond acceptors (Lipinski definition) is 2. The molecule has 3 heteroatoms. The molecule has 1 rings (SSSR count). The average Bonchev–Trinajstić information content (AvgIpc) is 2.43. The minimum atomic E-state index is 0.570. The van der Waals surface area contributed by atoms with E-state index in [0.717, 1.165) is 13.0 Å². The molecular weight excluding hydrogens is 162 g/mol. The first-order valence-corrected chi connectivity index (χ1v) is 4.82. The number of nitrogens with one attached hydrogen (secondary N) is 1. The smallest absolute Gasteiger partial charge is 0.0671 e. The van der Waals surface area contributed by atoms with Crippen molar-refractivity contribution in [2.45, 2.75) is 26.2 Å². The van der Waals surface area contributed by atoms with Crippen molar-refractivity contribution in [3.63, 3.8) is 0 Å². The Balaban J connectivity index is 2.78. The Bertz CT molecular complexity index is 263. The first-order chi connectivity index (χ1) is 6.15. The molecule has 13 heavy (non-hydrogen) atoms. The molecule has 1 N–H and O–H groups in total. The second-order valence-electron chi connectivity index (χ2n) is 3.71. The lowest BCUT2D eigenvalue weighted by atomic mass is 10.0. The highest BCUT2D eigenvalue weighted by Crippen LogP contribution is 2.17. The van der Waals surface area contributed by atoms with Gasteiger partial charge in [-0.05, 0) is 18.5 Å². The van der Waals surface area contributed by atoms with Crippen molar-refractivity contribution in [3.05, 3.63) is 17.5 Å². The van der Waals surface area contributed by atoms with Gasteiger partial charge in [-0.15, -0.1) is 0 Å². The first kappa shape index (κ1) is 10.3. The number of hydrogen-bond donors (Lipinski definition) is 1. The zero-order valence-electron chi connectivity index (χ0n) is 8.96. The highest BCUT2D eigenvalue weighted by molar-refractivity contribution is 5.20. The van der Waals surface area contributed by atoms with E-state index in [2.05, 4.69) is 30.5 Å². The quantitative estimate of drug-likeness (QED) is 0.759. The van der Waals surface area contributed by atoms with Crippen LogP contribution >= 0.6 is 0 Å². The van der Waals surface area contributed by atoms with E-state index in [1.54, 1.807) is 0 Å². The lowest BCUT2D eigenvalue weighted by molar-refractivity contribution is 0.714. The normalized spacial score (nSPS) is 11.2. The van der Waals surface area contributed by atoms with Crippen LogP contribution in [0.2, 0.25) is 0 Å². The van der Waals surface area contributed by atoms with E-state index in [1.165, 1.54) is 11.3 Å². The van der Waals surface area contributed by atoms with Crippen LogP contribution in [0.3, 0.4) is 0 Å². The predicted octanol–water partition coefficient (Wildman–Crippen LogP) is 1.31. The van der Waals surface area contributed by atoms with Crippen LogP contribution in [0.1, 0.15) is 31.0 Å². The summed E-state index contributed by atoms with van der Waals surface area (Å²) in [6.45, 7) is 5.41. The molecule has 0 saturated carbocycles. The molecule has 0 fully saturated rings. The molecule has 1 aromatic rings. The largest absolute Gasteiger partial charge is 0.319 e. The van der Waals surface area contributed by atoms with Gasteiger partial charge in [-0.2, -0.15) is 5.10 Å². The summed E-state index contributed by atoms with van der Waals surface area (Å²) in [5.74, 6) is 0.570. The van der Waals surface area contributed by atoms with E-state index < -0.39 is 0 Å². The van der Waals surface area contributed by atoms with E-state index >= 15 is 0 Å². The molecule has 74 valence electrons. The van der Waals surface area contributed by atoms with Gasteiger partial charge in [-0.1, -0.05) is 13.8 Å². The number of aryl methyl sites for hydroxylation is 1. The minimum absolute atomic E-state index is 0.570. The molecule has 1 aromatic heterocycles. The second-order valence-corrected chi connectivity index (χ2v) is 3.71. The van der Waals surface area contributed by atoms with E-state index in [9.17, 15) is 0 Å². The summed E-state index contributed by atoms with van der Waals surface area (Å²) in [5.41, 5.74) is 2.60. The fourth-order valence-electron chi connectivity index (χ4n) is 1.47. The number of aromatic nitrogens is 2. The zero-order valence-corrected chi connectivity index (χ0v) is 8.96. The molecule has 0 bridgehead atoms. The second kappa shape index (κ2) is 4.42. The van der Waals surface area contributed by atoms with Gasteiger partial charge in [0, 0.05) is 26.2 Å². The summed E-state index contributed by atoms with van der Waals surface area (Å²) in [4.78, 5) is 0. The summed E-state index contributed by atoms with van der Waals surface area (Å²) in [6, 6.07) is 0. The molecule has 0 spiro atoms. The summed E-state index contributed by atoms with van der Waals surface area (Å²) in [7, 11) is 3.95. The Labute approximate surface area is 80.1 Å². The van der Waals surface area contributed by atoms with Crippen LogP contribution in [0.15, 0.2) is 6.20 Å². The maximum absolute atomic E-state index is 4.45. The topological polar surface area (TPSA) is 29.9 Å². The van der Waals surface area contributed by atoms with Crippen LogP contribution in [0.5, 0.6) is 0 Å². The maximum Gasteiger partial charge on any atom is 0.0671 e. The maximum atomic E-state index is 4.45. The first-order valence-electron chi connectivity index (χ1n) is 4.82. The van der Waals surface area contributed by atoms with E-state index in [-0.39, 0.29) is 0 Å². The van der Waals surface area contributed by atoms with Crippen LogP contribution in [0.25, 0.3) is 0 Å². The van der Waals surface area contributed by atoms with Crippen LogP contribution in [-0.4, -0.2) is 23.4 Å². The Morgan fingerprint density at radius 3 is 2.77 bits per heavy atom. The fourth-order valence-corrected chi connectivity index (χ4v) is 1.47. The highest BCUT2D eigenvalue weighted by atomic mass is 15.3. The van der Waals surface area contributed by atoms with E-state index in [1.807, 2.05) is 18.8 Å². The molecule has 0 aliphatic heterocycles. The third kappa shape index (κ3) is 2.56. The number of nitrogens with zero attached hydrogens (tertiary/aromatic N) is 2. The zero-order chi connectivity index (χ0) is 9.84. The van der Waals surface area contributed by atoms with Crippen LogP contribution in [-0.2, 0) is 13.5 Å². The number of rotatable bonds is 4. The Morgan fingerprint density at radius 1 is 1.54 bits per heavy atom. The molecule has 0 aliphatic carbocycles. The summed E-state index contributed by atoms with van der Waals surface area (Å²) in [6.07, 6.45) is 3.14. The van der Waals surface area contributed by atoms with Gasteiger partial charge in [0.25, 0.3) is 0 Å². The average molecular weight is 181 g/mol. The predicted molar refractivity (Wildman–Crippen MR) is 54.9 cm³/mol. The van der Waals surface area contributed by atoms with Crippen molar-refractivity contribution in [2.24, 2.45) is 7.05 Å². The van der Waals surface area contributed by atoms with Gasteiger partial charge in [0.1, 0.15) is 0 Å². The molecule has 0 radical (unpaired) electrons. The van der Waals surface area contributed by atoms with Crippen LogP contribution in [0, 0.1) is 0 Å². The molecular formula is C10H19N3. The molecule has 0 amide bonds. The van der Waals surface area contributed by atoms with Gasteiger partial charge in [0.15, 0.2) is 0 Å². The lowest BCUT2D eigenvalue weighted by Gasteiger charge is -2.04. The van der Waals surface area contributed by atoms with Crippen molar-refractivity contribution >= 4 is 0 Å². The Hall–Kier alpha value is -0.830. The van der Waals surface area contributed by atoms with Crippen molar-refractivity contribution in [2.75, 3.05) is 13.6 Å². The molecule has 1 heterocycles. The van der Waals surface area contributed by atoms with Crippen molar-refractivity contribution in [1.29, 1.82) is 0 Å². The molecule has 0 atom stereocenters. The molecule has 3 nitrogen and oxygen atoms in total. The van der Waals surface area contributed by atoms with Gasteiger partial charge < -0.3 is 5.32 Å². The van der Waals surface area contributed by atoms with Crippen molar-refractivity contribution in [1.82, 2.24) is 15.1 Å². The van der Waals surface area contributed by atoms with Gasteiger partial charge in [-0.25, -0.2) is 0 Å². The van der Waals surface area contributed by atoms with Crippen molar-refractivity contribution in [3.8, 4) is 0 Å². The fraction of sp³-hybridized carbons (Fsp3) is 0.700. The van der Waals surface area contributed by atoms with Gasteiger partial charge in [0.2, 0.25) is 0 Å². The Kier molecular flexibility index (Phi) is 3.48. The van der Waals surface area contributed by atoms with Gasteiger partial charge >= 0.3 is 0 Å². The van der Waals surface area contributed by atoms with Crippen molar-refractivity contribution < 1.29 is 0 Å². The minimum Gasteiger partial charge on any atom is -0.319 e. The highest BCUT2D eigenvalue weighted by Gasteiger charge is 2.09. The third-order valence-corrected chi connectivity index (χ3v) is 2.17. The monoisotopic (exact) mass is 181 g/mol. The van der Waals surface area contributed by atoms with Gasteiger partial charge in [-0.3, -0.25) is 4.68 Å². The Morgan fingerprint density at radius 2 is 2.23 bits per heavy atom. The SMILES string of the molecule is CNCCc1nn(C)cc1C(C)C. The standard InChI is InChI=1S/C10H19N3/c1-8(2)9-7-13(4)12-10(9)5-6-11-3/h7-8,11H,5-6H2,1-4H3. The molecule has 0 unspecified atom stereocenters. The molecule has 0 aromatic carbocycles. The van der Waals surface area contributed by atoms with Gasteiger partial charge in [0.05, 0.1) is 5.69 Å². The molecule has 0 saturated heterocycles. The number of likely N-dealkylation sites (N-methyl/N-ethyl adjacent to an activating group) is 1. The van der Waals surface area contributed by atoms with Crippen LogP contribution < -0.4 is 5.32 Å². The van der Waals surface area contributed by atoms with E-state index in [4.69, 9.17) is 0 Å². The molecule has 0 aliphatic rings. The van der Waals surface area contributed by atoms with E-state index in [0.29, 0.717) is 5.92 Å². The summed E-state index contributed by atoms with van der Waals surface area (Å²) in [5, 5.41) is 7.59. The lowest BCUT2D eigenvalue weighted by Crippen LogP contribution is -2.12. The third-order valence-electron chi connectivity index (χ3n) is 2.17. The van der Waals surface area contributed by atoms with Crippen LogP contribution in [0.4, 0.5) is 0 Å². The summed E-state index contributed by atoms with van der Waals surface area (Å²) >= 11 is 0. The summed E-state index contributed by atoms with van der Waals surface area (Å²) < 4.78 is 1.90.